The van der Waals surface area contributed by atoms with Gasteiger partial charge in [-0.1, -0.05) is 43.6 Å². The van der Waals surface area contributed by atoms with E-state index in [1.807, 2.05) is 13.8 Å². The first-order valence-corrected chi connectivity index (χ1v) is 12.3. The summed E-state index contributed by atoms with van der Waals surface area (Å²) < 4.78 is 34.2. The molecule has 1 aliphatic rings. The minimum Gasteiger partial charge on any atom is -0.379 e. The van der Waals surface area contributed by atoms with Crippen LogP contribution in [0.4, 0.5) is 0 Å². The van der Waals surface area contributed by atoms with Crippen molar-refractivity contribution in [2.24, 2.45) is 11.8 Å². The van der Waals surface area contributed by atoms with Gasteiger partial charge in [-0.3, -0.25) is 9.69 Å². The number of morpholine rings is 1. The molecule has 9 heteroatoms. The second-order valence-corrected chi connectivity index (χ2v) is 10.6. The van der Waals surface area contributed by atoms with Gasteiger partial charge in [-0.2, -0.15) is 4.72 Å². The normalized spacial score (nSPS) is 18.0. The number of hydrogen-bond acceptors (Lipinski definition) is 5. The number of ether oxygens (including phenoxy) is 1. The molecule has 0 spiro atoms. The summed E-state index contributed by atoms with van der Waals surface area (Å²) in [7, 11) is -3.80. The van der Waals surface area contributed by atoms with Gasteiger partial charge in [0.15, 0.2) is 0 Å². The van der Waals surface area contributed by atoms with E-state index in [1.54, 1.807) is 12.1 Å². The molecule has 1 heterocycles. The quantitative estimate of drug-likeness (QED) is 0.555. The van der Waals surface area contributed by atoms with Gasteiger partial charge in [0.05, 0.1) is 18.1 Å². The zero-order valence-corrected chi connectivity index (χ0v) is 19.9. The van der Waals surface area contributed by atoms with Crippen LogP contribution in [0.2, 0.25) is 0 Å². The van der Waals surface area contributed by atoms with Crippen molar-refractivity contribution >= 4 is 31.9 Å². The minimum atomic E-state index is -3.80. The molecular weight excluding hydrogens is 458 g/mol. The van der Waals surface area contributed by atoms with Crippen LogP contribution in [0.5, 0.6) is 0 Å². The predicted octanol–water partition coefficient (Wildman–Crippen LogP) is 2.22. The van der Waals surface area contributed by atoms with Crippen molar-refractivity contribution < 1.29 is 17.9 Å². The van der Waals surface area contributed by atoms with E-state index in [0.29, 0.717) is 25.7 Å². The van der Waals surface area contributed by atoms with Crippen molar-refractivity contribution in [2.45, 2.75) is 44.7 Å². The van der Waals surface area contributed by atoms with Crippen LogP contribution in [0.3, 0.4) is 0 Å². The lowest BCUT2D eigenvalue weighted by Gasteiger charge is -2.37. The molecule has 1 aromatic carbocycles. The fraction of sp³-hybridized carbons (Fsp3) is 0.650. The van der Waals surface area contributed by atoms with E-state index in [4.69, 9.17) is 4.74 Å². The van der Waals surface area contributed by atoms with Gasteiger partial charge in [0.2, 0.25) is 15.9 Å². The molecule has 7 nitrogen and oxygen atoms in total. The van der Waals surface area contributed by atoms with Crippen molar-refractivity contribution in [3.05, 3.63) is 28.7 Å². The molecule has 0 saturated carbocycles. The van der Waals surface area contributed by atoms with Gasteiger partial charge in [0.25, 0.3) is 0 Å². The van der Waals surface area contributed by atoms with E-state index in [-0.39, 0.29) is 22.8 Å². The molecular formula is C20H32BrN3O4S. The van der Waals surface area contributed by atoms with Crippen molar-refractivity contribution in [3.8, 4) is 0 Å². The van der Waals surface area contributed by atoms with Gasteiger partial charge >= 0.3 is 0 Å². The van der Waals surface area contributed by atoms with E-state index in [2.05, 4.69) is 44.7 Å². The largest absolute Gasteiger partial charge is 0.379 e. The number of carbonyl (C=O) groups excluding carboxylic acids is 1. The van der Waals surface area contributed by atoms with Crippen LogP contribution in [0, 0.1) is 11.8 Å². The number of benzene rings is 1. The second-order valence-electron chi connectivity index (χ2n) is 8.00. The molecule has 1 fully saturated rings. The SMILES string of the molecule is CC(C)C(CNC(=O)[C@@H](NS(=O)(=O)c1ccc(Br)cc1)C(C)C)N1CCOCC1. The standard InChI is InChI=1S/C20H32BrN3O4S/c1-14(2)18(24-9-11-28-12-10-24)13-22-20(25)19(15(3)4)23-29(26,27)17-7-5-16(21)6-8-17/h5-8,14-15,18-19,23H,9-13H2,1-4H3,(H,22,25)/t18?,19-/m0/s1. The van der Waals surface area contributed by atoms with Crippen LogP contribution < -0.4 is 10.0 Å². The fourth-order valence-corrected chi connectivity index (χ4v) is 4.96. The maximum atomic E-state index is 12.9. The topological polar surface area (TPSA) is 87.7 Å². The van der Waals surface area contributed by atoms with Crippen LogP contribution in [0.1, 0.15) is 27.7 Å². The zero-order chi connectivity index (χ0) is 21.6. The van der Waals surface area contributed by atoms with Gasteiger partial charge in [0, 0.05) is 30.1 Å². The highest BCUT2D eigenvalue weighted by molar-refractivity contribution is 9.10. The van der Waals surface area contributed by atoms with Gasteiger partial charge < -0.3 is 10.1 Å². The second kappa shape index (κ2) is 10.9. The molecule has 1 aromatic rings. The summed E-state index contributed by atoms with van der Waals surface area (Å²) in [5, 5.41) is 2.97. The monoisotopic (exact) mass is 489 g/mol. The molecule has 1 amide bonds. The molecule has 0 aromatic heterocycles. The number of sulfonamides is 1. The van der Waals surface area contributed by atoms with Crippen LogP contribution in [-0.4, -0.2) is 64.2 Å². The van der Waals surface area contributed by atoms with Gasteiger partial charge in [0.1, 0.15) is 6.04 Å². The van der Waals surface area contributed by atoms with Gasteiger partial charge in [-0.25, -0.2) is 8.42 Å². The highest BCUT2D eigenvalue weighted by atomic mass is 79.9. The number of halogens is 1. The van der Waals surface area contributed by atoms with Gasteiger partial charge in [-0.15, -0.1) is 0 Å². The zero-order valence-electron chi connectivity index (χ0n) is 17.5. The van der Waals surface area contributed by atoms with Crippen molar-refractivity contribution in [1.29, 1.82) is 0 Å². The predicted molar refractivity (Wildman–Crippen MR) is 117 cm³/mol. The van der Waals surface area contributed by atoms with Crippen molar-refractivity contribution in [2.75, 3.05) is 32.8 Å². The summed E-state index contributed by atoms with van der Waals surface area (Å²) in [5.41, 5.74) is 0. The summed E-state index contributed by atoms with van der Waals surface area (Å²) in [5.74, 6) is -0.147. The molecule has 164 valence electrons. The van der Waals surface area contributed by atoms with E-state index in [0.717, 1.165) is 17.6 Å². The molecule has 0 aliphatic carbocycles. The third-order valence-corrected chi connectivity index (χ3v) is 7.11. The highest BCUT2D eigenvalue weighted by Crippen LogP contribution is 2.17. The van der Waals surface area contributed by atoms with Crippen LogP contribution >= 0.6 is 15.9 Å². The Bertz CT molecular complexity index is 762. The number of nitrogens with zero attached hydrogens (tertiary/aromatic N) is 1. The van der Waals surface area contributed by atoms with E-state index >= 15 is 0 Å². The Morgan fingerprint density at radius 3 is 2.21 bits per heavy atom. The lowest BCUT2D eigenvalue weighted by Crippen LogP contribution is -2.55. The maximum absolute atomic E-state index is 12.9. The molecule has 29 heavy (non-hydrogen) atoms. The maximum Gasteiger partial charge on any atom is 0.241 e. The lowest BCUT2D eigenvalue weighted by molar-refractivity contribution is -0.124. The Morgan fingerprint density at radius 1 is 1.10 bits per heavy atom. The highest BCUT2D eigenvalue weighted by Gasteiger charge is 2.30. The molecule has 0 radical (unpaired) electrons. The van der Waals surface area contributed by atoms with Crippen LogP contribution in [0.15, 0.2) is 33.6 Å². The molecule has 1 saturated heterocycles. The van der Waals surface area contributed by atoms with E-state index < -0.39 is 16.1 Å². The molecule has 0 bridgehead atoms. The van der Waals surface area contributed by atoms with Gasteiger partial charge in [-0.05, 0) is 36.1 Å². The third-order valence-electron chi connectivity index (χ3n) is 5.12. The lowest BCUT2D eigenvalue weighted by atomic mass is 10.0. The summed E-state index contributed by atoms with van der Waals surface area (Å²) in [6.07, 6.45) is 0. The molecule has 1 aliphatic heterocycles. The summed E-state index contributed by atoms with van der Waals surface area (Å²) in [6.45, 7) is 11.4. The van der Waals surface area contributed by atoms with Crippen LogP contribution in [0.25, 0.3) is 0 Å². The van der Waals surface area contributed by atoms with E-state index in [1.165, 1.54) is 12.1 Å². The Hall–Kier alpha value is -1.00. The number of rotatable bonds is 9. The smallest absolute Gasteiger partial charge is 0.241 e. The summed E-state index contributed by atoms with van der Waals surface area (Å²) in [4.78, 5) is 15.3. The Morgan fingerprint density at radius 2 is 1.69 bits per heavy atom. The summed E-state index contributed by atoms with van der Waals surface area (Å²) >= 11 is 3.30. The van der Waals surface area contributed by atoms with Crippen LogP contribution in [-0.2, 0) is 19.6 Å². The van der Waals surface area contributed by atoms with E-state index in [9.17, 15) is 13.2 Å². The molecule has 1 unspecified atom stereocenters. The number of carbonyl (C=O) groups is 1. The van der Waals surface area contributed by atoms with Crippen molar-refractivity contribution in [3.63, 3.8) is 0 Å². The molecule has 2 N–H and O–H groups in total. The fourth-order valence-electron chi connectivity index (χ4n) is 3.35. The first kappa shape index (κ1) is 24.3. The molecule has 2 atom stereocenters. The molecule has 2 rings (SSSR count). The first-order chi connectivity index (χ1) is 13.6. The average Bonchev–Trinajstić information content (AvgIpc) is 2.67. The number of amides is 1. The first-order valence-electron chi connectivity index (χ1n) is 9.99. The third kappa shape index (κ3) is 7.03. The number of nitrogens with one attached hydrogen (secondary N) is 2. The van der Waals surface area contributed by atoms with Crippen molar-refractivity contribution in [1.82, 2.24) is 14.9 Å². The minimum absolute atomic E-state index is 0.132. The Labute approximate surface area is 182 Å². The Balaban J connectivity index is 2.05. The summed E-state index contributed by atoms with van der Waals surface area (Å²) in [6, 6.07) is 5.67. The average molecular weight is 490 g/mol. The Kier molecular flexibility index (Phi) is 9.09. The number of hydrogen-bond donors (Lipinski definition) is 2.